The molecule has 1 rings (SSSR count). The molecule has 8 nitrogen and oxygen atoms in total. The van der Waals surface area contributed by atoms with Gasteiger partial charge in [-0.3, -0.25) is 0 Å². The molecule has 0 atom stereocenters. The molecule has 0 amide bonds. The number of hydrogen-bond acceptors (Lipinski definition) is 3. The van der Waals surface area contributed by atoms with Crippen LogP contribution in [-0.4, -0.2) is 33.2 Å². The maximum absolute atomic E-state index is 10.6. The molecule has 0 saturated carbocycles. The van der Waals surface area contributed by atoms with E-state index >= 15 is 0 Å². The van der Waals surface area contributed by atoms with Gasteiger partial charge >= 0.3 is 39.0 Å². The van der Waals surface area contributed by atoms with Crippen LogP contribution in [0.3, 0.4) is 0 Å². The summed E-state index contributed by atoms with van der Waals surface area (Å²) in [7, 11) is 0. The average molecular weight is 437 g/mol. The average Bonchev–Trinajstić information content (AvgIpc) is 2.16. The van der Waals surface area contributed by atoms with Gasteiger partial charge in [0.1, 0.15) is 0 Å². The largest absolute Gasteiger partial charge is 2.00 e. The SMILES string of the molecule is O=C(O)c1ccc(C(=O)O)c(C(=O)O)c1.[NH2-].[NH2-].[Pt+2]. The third-order valence-electron chi connectivity index (χ3n) is 1.73. The van der Waals surface area contributed by atoms with Crippen molar-refractivity contribution in [2.24, 2.45) is 0 Å². The summed E-state index contributed by atoms with van der Waals surface area (Å²) in [6.07, 6.45) is 0. The fourth-order valence-corrected chi connectivity index (χ4v) is 1.04. The second-order valence-electron chi connectivity index (χ2n) is 2.68. The van der Waals surface area contributed by atoms with E-state index in [1.54, 1.807) is 0 Å². The Balaban J connectivity index is -0.000000750. The van der Waals surface area contributed by atoms with Gasteiger partial charge in [0.05, 0.1) is 16.7 Å². The Morgan fingerprint density at radius 1 is 0.778 bits per heavy atom. The van der Waals surface area contributed by atoms with Crippen molar-refractivity contribution < 1.29 is 50.8 Å². The van der Waals surface area contributed by atoms with Crippen molar-refractivity contribution in [1.82, 2.24) is 0 Å². The summed E-state index contributed by atoms with van der Waals surface area (Å²) in [5.74, 6) is -4.20. The number of carboxylic acid groups (broad SMARTS) is 3. The van der Waals surface area contributed by atoms with Crippen LogP contribution in [0.4, 0.5) is 0 Å². The molecule has 18 heavy (non-hydrogen) atoms. The van der Waals surface area contributed by atoms with Crippen LogP contribution in [0.5, 0.6) is 0 Å². The van der Waals surface area contributed by atoms with Gasteiger partial charge in [-0.15, -0.1) is 0 Å². The molecular formula is C9H10N2O6Pt. The van der Waals surface area contributed by atoms with Crippen LogP contribution in [0.25, 0.3) is 12.3 Å². The van der Waals surface area contributed by atoms with Crippen LogP contribution >= 0.6 is 0 Å². The first-order chi connectivity index (χ1) is 6.93. The second-order valence-corrected chi connectivity index (χ2v) is 2.68. The van der Waals surface area contributed by atoms with Crippen molar-refractivity contribution in [1.29, 1.82) is 0 Å². The molecule has 1 aromatic carbocycles. The minimum absolute atomic E-state index is 0. The molecule has 0 radical (unpaired) electrons. The van der Waals surface area contributed by atoms with E-state index in [4.69, 9.17) is 15.3 Å². The van der Waals surface area contributed by atoms with E-state index in [1.165, 1.54) is 0 Å². The molecule has 0 spiro atoms. The molecule has 102 valence electrons. The van der Waals surface area contributed by atoms with Crippen LogP contribution in [-0.2, 0) is 21.1 Å². The van der Waals surface area contributed by atoms with Crippen LogP contribution < -0.4 is 0 Å². The summed E-state index contributed by atoms with van der Waals surface area (Å²) < 4.78 is 0. The molecule has 9 heteroatoms. The molecule has 0 aliphatic carbocycles. The molecule has 7 N–H and O–H groups in total. The van der Waals surface area contributed by atoms with Gasteiger partial charge < -0.3 is 27.6 Å². The Morgan fingerprint density at radius 3 is 1.56 bits per heavy atom. The van der Waals surface area contributed by atoms with Gasteiger partial charge in [-0.1, -0.05) is 0 Å². The van der Waals surface area contributed by atoms with Gasteiger partial charge in [-0.25, -0.2) is 14.4 Å². The number of aromatic carboxylic acids is 3. The fourth-order valence-electron chi connectivity index (χ4n) is 1.04. The maximum Gasteiger partial charge on any atom is 2.00 e. The number of hydrogen-bond donors (Lipinski definition) is 3. The standard InChI is InChI=1S/C9H6O6.2H2N.Pt/c10-7(11)4-1-2-5(8(12)13)6(3-4)9(14)15;;;/h1-3H,(H,10,11)(H,12,13)(H,14,15);2*1H2;/q;2*-1;+2. The summed E-state index contributed by atoms with van der Waals surface area (Å²) in [5, 5.41) is 25.9. The minimum Gasteiger partial charge on any atom is -0.693 e. The predicted octanol–water partition coefficient (Wildman–Crippen LogP) is 2.21. The Hall–Kier alpha value is -1.76. The molecule has 0 aliphatic heterocycles. The molecule has 0 unspecified atom stereocenters. The number of carbonyl (C=O) groups is 3. The molecule has 0 fully saturated rings. The molecule has 0 aromatic heterocycles. The Morgan fingerprint density at radius 2 is 1.22 bits per heavy atom. The summed E-state index contributed by atoms with van der Waals surface area (Å²) in [4.78, 5) is 31.8. The van der Waals surface area contributed by atoms with Gasteiger partial charge in [0, 0.05) is 0 Å². The van der Waals surface area contributed by atoms with Gasteiger partial charge in [-0.2, -0.15) is 0 Å². The second kappa shape index (κ2) is 8.35. The van der Waals surface area contributed by atoms with E-state index in [0.29, 0.717) is 0 Å². The van der Waals surface area contributed by atoms with Crippen molar-refractivity contribution in [3.8, 4) is 0 Å². The zero-order valence-corrected chi connectivity index (χ0v) is 11.0. The molecule has 0 bridgehead atoms. The van der Waals surface area contributed by atoms with Crippen LogP contribution in [0, 0.1) is 0 Å². The van der Waals surface area contributed by atoms with E-state index in [9.17, 15) is 14.4 Å². The smallest absolute Gasteiger partial charge is 0.693 e. The molecule has 0 saturated heterocycles. The molecule has 0 heterocycles. The predicted molar refractivity (Wildman–Crippen MR) is 57.9 cm³/mol. The Labute approximate surface area is 116 Å². The first-order valence-electron chi connectivity index (χ1n) is 3.77. The summed E-state index contributed by atoms with van der Waals surface area (Å²) >= 11 is 0. The van der Waals surface area contributed by atoms with Crippen LogP contribution in [0.15, 0.2) is 18.2 Å². The van der Waals surface area contributed by atoms with E-state index in [1.807, 2.05) is 0 Å². The fraction of sp³-hybridized carbons (Fsp3) is 0. The van der Waals surface area contributed by atoms with Crippen molar-refractivity contribution in [3.05, 3.63) is 47.2 Å². The third kappa shape index (κ3) is 4.62. The third-order valence-corrected chi connectivity index (χ3v) is 1.73. The van der Waals surface area contributed by atoms with Crippen molar-refractivity contribution >= 4 is 17.9 Å². The monoisotopic (exact) mass is 437 g/mol. The quantitative estimate of drug-likeness (QED) is 0.652. The maximum atomic E-state index is 10.6. The van der Waals surface area contributed by atoms with Gasteiger partial charge in [0.2, 0.25) is 0 Å². The normalized spacial score (nSPS) is 8.00. The topological polar surface area (TPSA) is 179 Å². The Bertz CT molecular complexity index is 462. The number of carboxylic acids is 3. The summed E-state index contributed by atoms with van der Waals surface area (Å²) in [6, 6.07) is 2.81. The van der Waals surface area contributed by atoms with Gasteiger partial charge in [0.15, 0.2) is 0 Å². The minimum atomic E-state index is -1.48. The van der Waals surface area contributed by atoms with E-state index in [2.05, 4.69) is 0 Å². The van der Waals surface area contributed by atoms with Crippen molar-refractivity contribution in [3.63, 3.8) is 0 Å². The van der Waals surface area contributed by atoms with Crippen LogP contribution in [0.1, 0.15) is 31.1 Å². The van der Waals surface area contributed by atoms with E-state index < -0.39 is 29.0 Å². The Kier molecular flexibility index (Phi) is 9.98. The van der Waals surface area contributed by atoms with Crippen molar-refractivity contribution in [2.75, 3.05) is 0 Å². The molecule has 1 aromatic rings. The number of rotatable bonds is 3. The zero-order valence-electron chi connectivity index (χ0n) is 8.77. The summed E-state index contributed by atoms with van der Waals surface area (Å²) in [5.41, 5.74) is -1.24. The molecule has 0 aliphatic rings. The van der Waals surface area contributed by atoms with Gasteiger partial charge in [0.25, 0.3) is 0 Å². The van der Waals surface area contributed by atoms with Crippen LogP contribution in [0.2, 0.25) is 0 Å². The first-order valence-corrected chi connectivity index (χ1v) is 3.77. The zero-order chi connectivity index (χ0) is 11.6. The van der Waals surface area contributed by atoms with E-state index in [0.717, 1.165) is 18.2 Å². The first kappa shape index (κ1) is 21.5. The van der Waals surface area contributed by atoms with Crippen molar-refractivity contribution in [2.45, 2.75) is 0 Å². The van der Waals surface area contributed by atoms with Gasteiger partial charge in [-0.05, 0) is 18.2 Å². The molecular weight excluding hydrogens is 427 g/mol. The summed E-state index contributed by atoms with van der Waals surface area (Å²) in [6.45, 7) is 0. The number of nitrogens with two attached hydrogens (primary N) is 2. The number of benzene rings is 1. The van der Waals surface area contributed by atoms with E-state index in [-0.39, 0.29) is 38.9 Å².